The minimum atomic E-state index is -1.25. The van der Waals surface area contributed by atoms with Crippen molar-refractivity contribution in [3.8, 4) is 0 Å². The van der Waals surface area contributed by atoms with Crippen LogP contribution in [0.5, 0.6) is 0 Å². The van der Waals surface area contributed by atoms with Gasteiger partial charge in [-0.3, -0.25) is 14.6 Å². The number of carbonyl (C=O) groups is 3. The maximum Gasteiger partial charge on any atom is 0.326 e. The Hall–Kier alpha value is -5.03. The van der Waals surface area contributed by atoms with Crippen LogP contribution in [0.3, 0.4) is 0 Å². The van der Waals surface area contributed by atoms with Crippen LogP contribution in [-0.2, 0) is 11.3 Å². The predicted octanol–water partition coefficient (Wildman–Crippen LogP) is -4.22. The largest absolute Gasteiger partial charge is 0.480 e. The number of aromatic amines is 1. The van der Waals surface area contributed by atoms with Crippen molar-refractivity contribution in [3.05, 3.63) is 52.1 Å². The standard InChI is InChI=1S/C33H52N16O5/c34-30-47-26-25(28(51)48-30)45-23(14-44-26)13-43-22-3-1-21(2-4-22)27(50)46-24(29(52)53)5-6-42-31(54)49-33-18-39-10-7-36-15-32(35,16-37-8-11-40-19-33)17-38-9-12-41-20-33/h1-4,14,24,36-41,43H,5-13,15-20,35H2,(H,46,50)(H,52,53)(H2,42,49,54)(H3,34,44,47,48,51). The van der Waals surface area contributed by atoms with E-state index >= 15 is 0 Å². The molecule has 1 atom stereocenters. The lowest BCUT2D eigenvalue weighted by Gasteiger charge is -2.37. The number of urea groups is 1. The molecule has 54 heavy (non-hydrogen) atoms. The maximum atomic E-state index is 13.3. The van der Waals surface area contributed by atoms with Crippen molar-refractivity contribution in [1.29, 1.82) is 0 Å². The lowest BCUT2D eigenvalue weighted by Crippen LogP contribution is -2.68. The molecule has 5 heterocycles. The van der Waals surface area contributed by atoms with E-state index in [-0.39, 0.29) is 42.2 Å². The zero-order chi connectivity index (χ0) is 38.4. The van der Waals surface area contributed by atoms with Crippen LogP contribution in [0, 0.1) is 0 Å². The van der Waals surface area contributed by atoms with Gasteiger partial charge in [0.05, 0.1) is 29.5 Å². The summed E-state index contributed by atoms with van der Waals surface area (Å²) in [5, 5.41) is 42.1. The van der Waals surface area contributed by atoms with E-state index in [1.807, 2.05) is 0 Å². The van der Waals surface area contributed by atoms with E-state index in [0.29, 0.717) is 89.9 Å². The van der Waals surface area contributed by atoms with Gasteiger partial charge in [-0.1, -0.05) is 0 Å². The van der Waals surface area contributed by atoms with Gasteiger partial charge in [0.2, 0.25) is 5.95 Å². The molecular formula is C33H52N16O5. The summed E-state index contributed by atoms with van der Waals surface area (Å²) >= 11 is 0. The molecule has 294 valence electrons. The number of benzene rings is 1. The van der Waals surface area contributed by atoms with E-state index in [1.54, 1.807) is 24.3 Å². The highest BCUT2D eigenvalue weighted by Gasteiger charge is 2.32. The second kappa shape index (κ2) is 19.3. The SMILES string of the molecule is Nc1nc2ncc(CNc3ccc(C(=O)NC(CCNC(=O)NC45CNCCNCC(N)(CNCCNC4)CNCCNC5)C(=O)O)cc3)nc2c(=O)[nH]1. The molecule has 6 rings (SSSR count). The van der Waals surface area contributed by atoms with Gasteiger partial charge in [-0.15, -0.1) is 0 Å². The van der Waals surface area contributed by atoms with Crippen LogP contribution >= 0.6 is 0 Å². The monoisotopic (exact) mass is 752 g/mol. The van der Waals surface area contributed by atoms with Crippen molar-refractivity contribution in [3.63, 3.8) is 0 Å². The molecular weight excluding hydrogens is 700 g/mol. The first kappa shape index (κ1) is 40.2. The maximum absolute atomic E-state index is 13.3. The molecule has 0 saturated carbocycles. The summed E-state index contributed by atoms with van der Waals surface area (Å²) in [6, 6.07) is 4.71. The Labute approximate surface area is 311 Å². The predicted molar refractivity (Wildman–Crippen MR) is 203 cm³/mol. The third kappa shape index (κ3) is 12.0. The van der Waals surface area contributed by atoms with Gasteiger partial charge in [-0.2, -0.15) is 4.98 Å². The Morgan fingerprint density at radius 2 is 1.43 bits per heavy atom. The number of hydrogen-bond donors (Lipinski definition) is 14. The summed E-state index contributed by atoms with van der Waals surface area (Å²) in [6.07, 6.45) is 1.43. The quantitative estimate of drug-likeness (QED) is 0.0933. The summed E-state index contributed by atoms with van der Waals surface area (Å²) < 4.78 is 0. The molecule has 1 aromatic carbocycles. The summed E-state index contributed by atoms with van der Waals surface area (Å²) in [5.41, 5.74) is 12.2. The molecule has 3 saturated heterocycles. The molecule has 16 N–H and O–H groups in total. The number of nitrogens with one attached hydrogen (secondary N) is 11. The number of fused-ring (bicyclic) bond motifs is 16. The average Bonchev–Trinajstić information content (AvgIpc) is 3.14. The molecule has 0 aliphatic carbocycles. The number of nitrogens with zero attached hydrogens (tertiary/aromatic N) is 3. The van der Waals surface area contributed by atoms with E-state index in [0.717, 1.165) is 0 Å². The van der Waals surface area contributed by atoms with Gasteiger partial charge < -0.3 is 69.7 Å². The normalized spacial score (nSPS) is 22.3. The van der Waals surface area contributed by atoms with E-state index < -0.39 is 40.6 Å². The summed E-state index contributed by atoms with van der Waals surface area (Å²) in [4.78, 5) is 65.2. The second-order valence-corrected chi connectivity index (χ2v) is 13.7. The number of H-pyrrole nitrogens is 1. The van der Waals surface area contributed by atoms with Gasteiger partial charge in [0, 0.05) is 96.3 Å². The Morgan fingerprint density at radius 1 is 0.852 bits per heavy atom. The van der Waals surface area contributed by atoms with Gasteiger partial charge in [-0.25, -0.2) is 19.6 Å². The first-order valence-electron chi connectivity index (χ1n) is 18.0. The van der Waals surface area contributed by atoms with Gasteiger partial charge >= 0.3 is 12.0 Å². The third-order valence-electron chi connectivity index (χ3n) is 9.06. The number of carboxylic acids is 1. The van der Waals surface area contributed by atoms with E-state index in [9.17, 15) is 24.3 Å². The van der Waals surface area contributed by atoms with Gasteiger partial charge in [0.25, 0.3) is 11.5 Å². The fraction of sp³-hybridized carbons (Fsp3) is 0.545. The smallest absolute Gasteiger partial charge is 0.326 e. The summed E-state index contributed by atoms with van der Waals surface area (Å²) in [5.74, 6) is -1.86. The number of nitrogen functional groups attached to an aromatic ring is 1. The molecule has 0 radical (unpaired) electrons. The highest BCUT2D eigenvalue weighted by atomic mass is 16.4. The number of aromatic nitrogens is 4. The molecule has 21 nitrogen and oxygen atoms in total. The van der Waals surface area contributed by atoms with Crippen molar-refractivity contribution in [2.45, 2.75) is 30.1 Å². The fourth-order valence-electron chi connectivity index (χ4n) is 6.14. The highest BCUT2D eigenvalue weighted by Crippen LogP contribution is 2.12. The first-order chi connectivity index (χ1) is 26.0. The summed E-state index contributed by atoms with van der Waals surface area (Å²) in [6.45, 7) is 7.70. The van der Waals surface area contributed by atoms with Crippen molar-refractivity contribution in [2.24, 2.45) is 5.73 Å². The Balaban J connectivity index is 1.11. The van der Waals surface area contributed by atoms with Crippen molar-refractivity contribution < 1.29 is 19.5 Å². The number of carboxylic acid groups (broad SMARTS) is 1. The fourth-order valence-corrected chi connectivity index (χ4v) is 6.14. The van der Waals surface area contributed by atoms with Crippen LogP contribution in [0.15, 0.2) is 35.3 Å². The van der Waals surface area contributed by atoms with Crippen LogP contribution in [-0.4, -0.2) is 145 Å². The third-order valence-corrected chi connectivity index (χ3v) is 9.06. The van der Waals surface area contributed by atoms with Crippen molar-refractivity contribution in [2.75, 3.05) is 96.1 Å². The number of amides is 3. The first-order valence-corrected chi connectivity index (χ1v) is 18.0. The molecule has 3 aromatic rings. The molecule has 2 bridgehead atoms. The summed E-state index contributed by atoms with van der Waals surface area (Å²) in [7, 11) is 0. The lowest BCUT2D eigenvalue weighted by molar-refractivity contribution is -0.139. The number of hydrogen-bond acceptors (Lipinski definition) is 16. The Bertz CT molecular complexity index is 1730. The number of anilines is 2. The number of aliphatic carboxylic acids is 1. The van der Waals surface area contributed by atoms with Crippen LogP contribution in [0.1, 0.15) is 22.5 Å². The lowest BCUT2D eigenvalue weighted by atomic mass is 9.98. The topological polar surface area (TPSA) is 315 Å². The minimum absolute atomic E-state index is 0.00187. The zero-order valence-electron chi connectivity index (χ0n) is 30.1. The van der Waals surface area contributed by atoms with E-state index in [2.05, 4.69) is 73.1 Å². The molecule has 3 fully saturated rings. The van der Waals surface area contributed by atoms with Crippen LogP contribution in [0.25, 0.3) is 11.2 Å². The average molecular weight is 753 g/mol. The van der Waals surface area contributed by atoms with Gasteiger partial charge in [0.15, 0.2) is 11.2 Å². The molecule has 3 amide bonds. The van der Waals surface area contributed by atoms with Crippen molar-refractivity contribution in [1.82, 2.24) is 67.8 Å². The molecule has 2 aromatic heterocycles. The van der Waals surface area contributed by atoms with Gasteiger partial charge in [-0.05, 0) is 30.7 Å². The zero-order valence-corrected chi connectivity index (χ0v) is 30.1. The number of carbonyl (C=O) groups excluding carboxylic acids is 2. The van der Waals surface area contributed by atoms with E-state index in [1.165, 1.54) is 6.20 Å². The molecule has 0 spiro atoms. The van der Waals surface area contributed by atoms with Crippen molar-refractivity contribution >= 4 is 40.7 Å². The van der Waals surface area contributed by atoms with Gasteiger partial charge in [0.1, 0.15) is 6.04 Å². The van der Waals surface area contributed by atoms with Crippen LogP contribution in [0.2, 0.25) is 0 Å². The number of nitrogens with two attached hydrogens (primary N) is 2. The molecule has 3 aliphatic heterocycles. The molecule has 1 unspecified atom stereocenters. The van der Waals surface area contributed by atoms with Crippen LogP contribution < -0.4 is 70.2 Å². The number of rotatable bonds is 10. The Kier molecular flexibility index (Phi) is 14.4. The molecule has 3 aliphatic rings. The molecule has 21 heteroatoms. The Morgan fingerprint density at radius 3 is 2.00 bits per heavy atom. The highest BCUT2D eigenvalue weighted by molar-refractivity contribution is 5.96. The van der Waals surface area contributed by atoms with Crippen LogP contribution in [0.4, 0.5) is 16.4 Å². The second-order valence-electron chi connectivity index (χ2n) is 13.7. The minimum Gasteiger partial charge on any atom is -0.480 e. The van der Waals surface area contributed by atoms with E-state index in [4.69, 9.17) is 11.5 Å².